The first-order valence-electron chi connectivity index (χ1n) is 5.05. The molecular weight excluding hydrogens is 202 g/mol. The minimum Gasteiger partial charge on any atom is -0.495 e. The quantitative estimate of drug-likeness (QED) is 0.785. The highest BCUT2D eigenvalue weighted by Gasteiger charge is 1.97. The van der Waals surface area contributed by atoms with Crippen LogP contribution in [-0.2, 0) is 6.61 Å². The maximum absolute atomic E-state index is 5.52. The topological polar surface area (TPSA) is 31.4 Å². The van der Waals surface area contributed by atoms with Gasteiger partial charge < -0.3 is 9.47 Å². The van der Waals surface area contributed by atoms with Gasteiger partial charge in [0.2, 0.25) is 5.88 Å². The number of ether oxygens (including phenoxy) is 2. The van der Waals surface area contributed by atoms with Crippen molar-refractivity contribution >= 4 is 0 Å². The fraction of sp³-hybridized carbons (Fsp3) is 0.154. The second-order valence-corrected chi connectivity index (χ2v) is 3.31. The van der Waals surface area contributed by atoms with Crippen LogP contribution in [-0.4, -0.2) is 12.1 Å². The van der Waals surface area contributed by atoms with E-state index in [4.69, 9.17) is 9.47 Å². The molecule has 0 radical (unpaired) electrons. The maximum atomic E-state index is 5.52. The second-order valence-electron chi connectivity index (χ2n) is 3.31. The average Bonchev–Trinajstić information content (AvgIpc) is 2.38. The van der Waals surface area contributed by atoms with Crippen LogP contribution >= 0.6 is 0 Å². The summed E-state index contributed by atoms with van der Waals surface area (Å²) < 4.78 is 10.5. The number of methoxy groups -OCH3 is 1. The van der Waals surface area contributed by atoms with Crippen LogP contribution in [0.5, 0.6) is 11.6 Å². The van der Waals surface area contributed by atoms with Crippen molar-refractivity contribution in [2.24, 2.45) is 0 Å². The first-order chi connectivity index (χ1) is 7.88. The summed E-state index contributed by atoms with van der Waals surface area (Å²) in [5.41, 5.74) is 1.13. The fourth-order valence-electron chi connectivity index (χ4n) is 1.30. The lowest BCUT2D eigenvalue weighted by atomic mass is 10.2. The number of aromatic nitrogens is 1. The first-order valence-corrected chi connectivity index (χ1v) is 5.05. The molecule has 0 spiro atoms. The Morgan fingerprint density at radius 3 is 2.50 bits per heavy atom. The van der Waals surface area contributed by atoms with E-state index >= 15 is 0 Å². The molecule has 0 saturated heterocycles. The van der Waals surface area contributed by atoms with Gasteiger partial charge in [0.05, 0.1) is 13.3 Å². The first kappa shape index (κ1) is 10.5. The molecule has 0 bridgehead atoms. The highest BCUT2D eigenvalue weighted by Crippen LogP contribution is 2.14. The number of nitrogens with zero attached hydrogens (tertiary/aromatic N) is 1. The van der Waals surface area contributed by atoms with Gasteiger partial charge in [-0.25, -0.2) is 4.98 Å². The van der Waals surface area contributed by atoms with E-state index in [1.165, 1.54) is 0 Å². The van der Waals surface area contributed by atoms with Crippen molar-refractivity contribution in [3.63, 3.8) is 0 Å². The van der Waals surface area contributed by atoms with Crippen LogP contribution < -0.4 is 9.47 Å². The van der Waals surface area contributed by atoms with Crippen LogP contribution in [0.1, 0.15) is 5.56 Å². The van der Waals surface area contributed by atoms with Gasteiger partial charge in [0.15, 0.2) is 0 Å². The van der Waals surface area contributed by atoms with Crippen LogP contribution in [0.25, 0.3) is 0 Å². The molecule has 3 nitrogen and oxygen atoms in total. The summed E-state index contributed by atoms with van der Waals surface area (Å²) in [6.45, 7) is 0.528. The van der Waals surface area contributed by atoms with E-state index < -0.39 is 0 Å². The van der Waals surface area contributed by atoms with Crippen LogP contribution in [0.2, 0.25) is 0 Å². The molecule has 0 atom stereocenters. The Morgan fingerprint density at radius 1 is 1.06 bits per heavy atom. The van der Waals surface area contributed by atoms with Crippen molar-refractivity contribution < 1.29 is 9.47 Å². The van der Waals surface area contributed by atoms with Crippen LogP contribution in [0.15, 0.2) is 48.7 Å². The molecule has 1 aromatic heterocycles. The number of benzene rings is 1. The van der Waals surface area contributed by atoms with Gasteiger partial charge in [-0.2, -0.15) is 0 Å². The highest BCUT2D eigenvalue weighted by atomic mass is 16.5. The number of hydrogen-bond acceptors (Lipinski definition) is 3. The molecular formula is C13H13NO2. The molecule has 3 heteroatoms. The van der Waals surface area contributed by atoms with Gasteiger partial charge in [-0.3, -0.25) is 0 Å². The molecule has 0 aliphatic heterocycles. The molecule has 1 aromatic carbocycles. The molecule has 16 heavy (non-hydrogen) atoms. The molecule has 0 aliphatic carbocycles. The predicted molar refractivity (Wildman–Crippen MR) is 61.6 cm³/mol. The Bertz CT molecular complexity index is 425. The van der Waals surface area contributed by atoms with Crippen molar-refractivity contribution in [2.45, 2.75) is 6.61 Å². The maximum Gasteiger partial charge on any atom is 0.213 e. The Hall–Kier alpha value is -2.03. The second kappa shape index (κ2) is 5.16. The third-order valence-corrected chi connectivity index (χ3v) is 2.17. The standard InChI is InChI=1S/C13H13NO2/c1-15-12-7-8-13(14-9-12)16-10-11-5-3-2-4-6-11/h2-9H,10H2,1H3. The van der Waals surface area contributed by atoms with Crippen LogP contribution in [0.4, 0.5) is 0 Å². The van der Waals surface area contributed by atoms with Crippen molar-refractivity contribution in [3.8, 4) is 11.6 Å². The molecule has 82 valence electrons. The van der Waals surface area contributed by atoms with Gasteiger partial charge in [-0.15, -0.1) is 0 Å². The summed E-state index contributed by atoms with van der Waals surface area (Å²) in [5.74, 6) is 1.33. The number of hydrogen-bond donors (Lipinski definition) is 0. The SMILES string of the molecule is COc1ccc(OCc2ccccc2)nc1. The molecule has 0 aliphatic rings. The third-order valence-electron chi connectivity index (χ3n) is 2.17. The lowest BCUT2D eigenvalue weighted by Gasteiger charge is -2.05. The zero-order chi connectivity index (χ0) is 11.2. The van der Waals surface area contributed by atoms with E-state index in [2.05, 4.69) is 4.98 Å². The van der Waals surface area contributed by atoms with Crippen LogP contribution in [0.3, 0.4) is 0 Å². The van der Waals surface area contributed by atoms with E-state index in [1.807, 2.05) is 36.4 Å². The minimum absolute atomic E-state index is 0.528. The predicted octanol–water partition coefficient (Wildman–Crippen LogP) is 2.67. The molecule has 0 fully saturated rings. The molecule has 2 aromatic rings. The smallest absolute Gasteiger partial charge is 0.213 e. The average molecular weight is 215 g/mol. The summed E-state index contributed by atoms with van der Waals surface area (Å²) in [7, 11) is 1.61. The largest absolute Gasteiger partial charge is 0.495 e. The van der Waals surface area contributed by atoms with E-state index in [0.29, 0.717) is 12.5 Å². The molecule has 0 N–H and O–H groups in total. The Kier molecular flexibility index (Phi) is 3.38. The van der Waals surface area contributed by atoms with Crippen molar-refractivity contribution in [3.05, 3.63) is 54.2 Å². The monoisotopic (exact) mass is 215 g/mol. The number of rotatable bonds is 4. The summed E-state index contributed by atoms with van der Waals surface area (Å²) in [5, 5.41) is 0. The zero-order valence-electron chi connectivity index (χ0n) is 9.09. The van der Waals surface area contributed by atoms with E-state index in [-0.39, 0.29) is 0 Å². The lowest BCUT2D eigenvalue weighted by Crippen LogP contribution is -1.96. The fourth-order valence-corrected chi connectivity index (χ4v) is 1.30. The van der Waals surface area contributed by atoms with Gasteiger partial charge in [0, 0.05) is 6.07 Å². The van der Waals surface area contributed by atoms with Gasteiger partial charge in [-0.1, -0.05) is 30.3 Å². The van der Waals surface area contributed by atoms with Crippen molar-refractivity contribution in [2.75, 3.05) is 7.11 Å². The van der Waals surface area contributed by atoms with E-state index in [1.54, 1.807) is 19.4 Å². The summed E-state index contributed by atoms with van der Waals surface area (Å²) in [6.07, 6.45) is 1.64. The highest BCUT2D eigenvalue weighted by molar-refractivity contribution is 5.23. The molecule has 0 saturated carbocycles. The van der Waals surface area contributed by atoms with E-state index in [9.17, 15) is 0 Å². The summed E-state index contributed by atoms with van der Waals surface area (Å²) >= 11 is 0. The molecule has 2 rings (SSSR count). The van der Waals surface area contributed by atoms with Gasteiger partial charge in [0.1, 0.15) is 12.4 Å². The molecule has 0 unspecified atom stereocenters. The number of pyridine rings is 1. The summed E-state index contributed by atoms with van der Waals surface area (Å²) in [6, 6.07) is 13.6. The normalized spacial score (nSPS) is 9.81. The van der Waals surface area contributed by atoms with Crippen molar-refractivity contribution in [1.29, 1.82) is 0 Å². The Balaban J connectivity index is 1.94. The molecule has 1 heterocycles. The van der Waals surface area contributed by atoms with Crippen molar-refractivity contribution in [1.82, 2.24) is 4.98 Å². The lowest BCUT2D eigenvalue weighted by molar-refractivity contribution is 0.292. The Morgan fingerprint density at radius 2 is 1.88 bits per heavy atom. The van der Waals surface area contributed by atoms with E-state index in [0.717, 1.165) is 11.3 Å². The van der Waals surface area contributed by atoms with Gasteiger partial charge >= 0.3 is 0 Å². The summed E-state index contributed by atoms with van der Waals surface area (Å²) in [4.78, 5) is 4.12. The zero-order valence-corrected chi connectivity index (χ0v) is 9.09. The van der Waals surface area contributed by atoms with Gasteiger partial charge in [-0.05, 0) is 11.6 Å². The third kappa shape index (κ3) is 2.73. The minimum atomic E-state index is 0.528. The molecule has 0 amide bonds. The van der Waals surface area contributed by atoms with Crippen LogP contribution in [0, 0.1) is 0 Å². The Labute approximate surface area is 94.7 Å². The van der Waals surface area contributed by atoms with Gasteiger partial charge in [0.25, 0.3) is 0 Å².